The van der Waals surface area contributed by atoms with E-state index >= 15 is 0 Å². The van der Waals surface area contributed by atoms with Crippen molar-refractivity contribution >= 4 is 45.6 Å². The van der Waals surface area contributed by atoms with Crippen molar-refractivity contribution in [3.05, 3.63) is 52.0 Å². The van der Waals surface area contributed by atoms with Gasteiger partial charge in [0.2, 0.25) is 0 Å². The van der Waals surface area contributed by atoms with Gasteiger partial charge in [0.15, 0.2) is 5.82 Å². The Kier molecular flexibility index (Phi) is 5.04. The lowest BCUT2D eigenvalue weighted by Crippen LogP contribution is -2.16. The lowest BCUT2D eigenvalue weighted by Gasteiger charge is -2.16. The summed E-state index contributed by atoms with van der Waals surface area (Å²) >= 11 is 11.7. The van der Waals surface area contributed by atoms with E-state index in [1.165, 1.54) is 18.5 Å². The number of anilines is 2. The fourth-order valence-corrected chi connectivity index (χ4v) is 3.26. The molecular formula is C19H16Cl2FN3O2. The van der Waals surface area contributed by atoms with Gasteiger partial charge in [0, 0.05) is 17.9 Å². The van der Waals surface area contributed by atoms with Gasteiger partial charge in [-0.2, -0.15) is 0 Å². The molecule has 1 aliphatic rings. The van der Waals surface area contributed by atoms with E-state index in [9.17, 15) is 4.39 Å². The second-order valence-electron chi connectivity index (χ2n) is 6.31. The number of benzene rings is 2. The molecule has 27 heavy (non-hydrogen) atoms. The van der Waals surface area contributed by atoms with E-state index in [1.807, 2.05) is 19.1 Å². The Morgan fingerprint density at radius 1 is 1.26 bits per heavy atom. The molecule has 1 aromatic heterocycles. The van der Waals surface area contributed by atoms with Crippen LogP contribution in [0.3, 0.4) is 0 Å². The van der Waals surface area contributed by atoms with Gasteiger partial charge in [-0.25, -0.2) is 14.4 Å². The van der Waals surface area contributed by atoms with Crippen LogP contribution in [0.25, 0.3) is 10.9 Å². The van der Waals surface area contributed by atoms with Gasteiger partial charge in [0.1, 0.15) is 24.0 Å². The highest BCUT2D eigenvalue weighted by atomic mass is 35.5. The minimum Gasteiger partial charge on any atom is -0.488 e. The van der Waals surface area contributed by atoms with Crippen molar-refractivity contribution in [1.82, 2.24) is 9.97 Å². The number of hydrogen-bond acceptors (Lipinski definition) is 5. The largest absolute Gasteiger partial charge is 0.488 e. The molecule has 1 atom stereocenters. The minimum atomic E-state index is -0.631. The van der Waals surface area contributed by atoms with E-state index < -0.39 is 5.82 Å². The zero-order valence-corrected chi connectivity index (χ0v) is 15.9. The average molecular weight is 408 g/mol. The van der Waals surface area contributed by atoms with Crippen LogP contribution in [0.15, 0.2) is 30.6 Å². The van der Waals surface area contributed by atoms with Crippen LogP contribution in [-0.2, 0) is 4.74 Å². The molecule has 1 saturated heterocycles. The number of nitrogens with one attached hydrogen (secondary N) is 1. The van der Waals surface area contributed by atoms with Crippen molar-refractivity contribution in [2.75, 3.05) is 18.5 Å². The molecule has 0 spiro atoms. The number of halogens is 3. The summed E-state index contributed by atoms with van der Waals surface area (Å²) < 4.78 is 25.7. The van der Waals surface area contributed by atoms with E-state index in [4.69, 9.17) is 32.7 Å². The van der Waals surface area contributed by atoms with Gasteiger partial charge in [0.05, 0.1) is 34.5 Å². The first-order valence-corrected chi connectivity index (χ1v) is 9.19. The predicted molar refractivity (Wildman–Crippen MR) is 104 cm³/mol. The number of fused-ring (bicyclic) bond motifs is 1. The molecule has 2 heterocycles. The van der Waals surface area contributed by atoms with E-state index in [2.05, 4.69) is 15.3 Å². The quantitative estimate of drug-likeness (QED) is 0.594. The maximum Gasteiger partial charge on any atom is 0.166 e. The first-order chi connectivity index (χ1) is 13.0. The van der Waals surface area contributed by atoms with Crippen molar-refractivity contribution < 1.29 is 13.9 Å². The van der Waals surface area contributed by atoms with Crippen molar-refractivity contribution in [3.8, 4) is 5.75 Å². The molecule has 4 rings (SSSR count). The van der Waals surface area contributed by atoms with Gasteiger partial charge in [-0.15, -0.1) is 0 Å². The highest BCUT2D eigenvalue weighted by Crippen LogP contribution is 2.34. The van der Waals surface area contributed by atoms with Gasteiger partial charge in [-0.1, -0.05) is 23.2 Å². The van der Waals surface area contributed by atoms with E-state index in [-0.39, 0.29) is 21.8 Å². The molecule has 1 N–H and O–H groups in total. The molecule has 1 aliphatic heterocycles. The predicted octanol–water partition coefficient (Wildman–Crippen LogP) is 5.30. The third kappa shape index (κ3) is 3.65. The van der Waals surface area contributed by atoms with Gasteiger partial charge in [-0.3, -0.25) is 0 Å². The Morgan fingerprint density at radius 2 is 2.11 bits per heavy atom. The van der Waals surface area contributed by atoms with Gasteiger partial charge < -0.3 is 14.8 Å². The molecule has 5 nitrogen and oxygen atoms in total. The topological polar surface area (TPSA) is 56.3 Å². The fraction of sp³-hybridized carbons (Fsp3) is 0.263. The maximum atomic E-state index is 14.4. The molecule has 0 aliphatic carbocycles. The van der Waals surface area contributed by atoms with Crippen LogP contribution in [0.4, 0.5) is 15.9 Å². The van der Waals surface area contributed by atoms with Crippen LogP contribution in [0.2, 0.25) is 10.0 Å². The Hall–Kier alpha value is -2.15. The monoisotopic (exact) mass is 407 g/mol. The van der Waals surface area contributed by atoms with Crippen molar-refractivity contribution in [2.24, 2.45) is 0 Å². The molecule has 2 aromatic carbocycles. The van der Waals surface area contributed by atoms with Crippen molar-refractivity contribution in [3.63, 3.8) is 0 Å². The molecule has 0 amide bonds. The van der Waals surface area contributed by atoms with E-state index in [0.717, 1.165) is 23.1 Å². The highest BCUT2D eigenvalue weighted by Gasteiger charge is 2.19. The summed E-state index contributed by atoms with van der Waals surface area (Å²) in [7, 11) is 0. The van der Waals surface area contributed by atoms with E-state index in [0.29, 0.717) is 24.5 Å². The van der Waals surface area contributed by atoms with Crippen LogP contribution in [0.1, 0.15) is 12.0 Å². The summed E-state index contributed by atoms with van der Waals surface area (Å²) in [5.74, 6) is 0.591. The van der Waals surface area contributed by atoms with Crippen molar-refractivity contribution in [2.45, 2.75) is 19.4 Å². The molecule has 3 aromatic rings. The Morgan fingerprint density at radius 3 is 2.89 bits per heavy atom. The summed E-state index contributed by atoms with van der Waals surface area (Å²) in [5, 5.41) is 3.74. The minimum absolute atomic E-state index is 0.0471. The Balaban J connectivity index is 1.70. The summed E-state index contributed by atoms with van der Waals surface area (Å²) in [5.41, 5.74) is 1.81. The number of ether oxygens (including phenoxy) is 2. The molecule has 8 heteroatoms. The summed E-state index contributed by atoms with van der Waals surface area (Å²) in [6.45, 7) is 3.24. The first-order valence-electron chi connectivity index (χ1n) is 8.43. The normalized spacial score (nSPS) is 16.7. The second kappa shape index (κ2) is 7.46. The van der Waals surface area contributed by atoms with Crippen LogP contribution in [0, 0.1) is 12.7 Å². The molecule has 140 valence electrons. The average Bonchev–Trinajstić information content (AvgIpc) is 3.16. The second-order valence-corrected chi connectivity index (χ2v) is 7.09. The summed E-state index contributed by atoms with van der Waals surface area (Å²) in [4.78, 5) is 8.55. The number of rotatable bonds is 4. The van der Waals surface area contributed by atoms with Gasteiger partial charge in [0.25, 0.3) is 0 Å². The summed E-state index contributed by atoms with van der Waals surface area (Å²) in [6, 6.07) is 6.82. The molecular weight excluding hydrogens is 392 g/mol. The molecule has 1 fully saturated rings. The van der Waals surface area contributed by atoms with Crippen LogP contribution in [-0.4, -0.2) is 29.3 Å². The first kappa shape index (κ1) is 18.2. The molecule has 0 saturated carbocycles. The maximum absolute atomic E-state index is 14.4. The zero-order chi connectivity index (χ0) is 19.0. The smallest absolute Gasteiger partial charge is 0.166 e. The zero-order valence-electron chi connectivity index (χ0n) is 14.4. The molecule has 1 unspecified atom stereocenters. The van der Waals surface area contributed by atoms with E-state index in [1.54, 1.807) is 0 Å². The van der Waals surface area contributed by atoms with Gasteiger partial charge in [-0.05, 0) is 30.7 Å². The van der Waals surface area contributed by atoms with Crippen LogP contribution < -0.4 is 10.1 Å². The van der Waals surface area contributed by atoms with Crippen molar-refractivity contribution in [1.29, 1.82) is 0 Å². The highest BCUT2D eigenvalue weighted by molar-refractivity contribution is 6.42. The summed E-state index contributed by atoms with van der Waals surface area (Å²) in [6.07, 6.45) is 2.33. The number of aryl methyl sites for hydroxylation is 1. The Bertz CT molecular complexity index is 1010. The third-order valence-electron chi connectivity index (χ3n) is 4.40. The number of nitrogens with zero attached hydrogens (tertiary/aromatic N) is 2. The fourth-order valence-electron chi connectivity index (χ4n) is 2.95. The molecule has 0 radical (unpaired) electrons. The lowest BCUT2D eigenvalue weighted by molar-refractivity contribution is 0.141. The van der Waals surface area contributed by atoms with Crippen LogP contribution >= 0.6 is 23.2 Å². The number of hydrogen-bond donors (Lipinski definition) is 1. The lowest BCUT2D eigenvalue weighted by atomic mass is 10.1. The molecule has 0 bridgehead atoms. The van der Waals surface area contributed by atoms with Crippen LogP contribution in [0.5, 0.6) is 5.75 Å². The van der Waals surface area contributed by atoms with Gasteiger partial charge >= 0.3 is 0 Å². The SMILES string of the molecule is Cc1cc2c(Nc3ccc(Cl)c(Cl)c3F)ncnc2cc1OC1CCOC1. The third-order valence-corrected chi connectivity index (χ3v) is 5.18. The number of aromatic nitrogens is 2. The Labute approximate surface area is 165 Å². The standard InChI is InChI=1S/C19H16Cl2FN3O2/c1-10-6-12-15(7-16(10)27-11-4-5-26-8-11)23-9-24-19(12)25-14-3-2-13(20)17(21)18(14)22/h2-3,6-7,9,11H,4-5,8H2,1H3,(H,23,24,25).